The van der Waals surface area contributed by atoms with Gasteiger partial charge in [-0.05, 0) is 30.3 Å². The molecule has 0 unspecified atom stereocenters. The van der Waals surface area contributed by atoms with Gasteiger partial charge in [-0.25, -0.2) is 0 Å². The van der Waals surface area contributed by atoms with Gasteiger partial charge in [-0.15, -0.1) is 0 Å². The number of benzene rings is 2. The van der Waals surface area contributed by atoms with Crippen LogP contribution in [0.25, 0.3) is 11.0 Å². The maximum atomic E-state index is 12.3. The second-order valence-electron chi connectivity index (χ2n) is 4.89. The minimum atomic E-state index is -0.561. The third-order valence-electron chi connectivity index (χ3n) is 3.36. The topological polar surface area (TPSA) is 94.6 Å². The summed E-state index contributed by atoms with van der Waals surface area (Å²) in [6.45, 7) is 0. The molecule has 0 aliphatic heterocycles. The standard InChI is InChI=1S/C17H14N2O4/c1-22-13-7-3-4-10-9-14(23-15(10)13)17(21)19-12-6-2-5-11(8-12)16(18)20/h2-9H,1H3,(H2,18,20)(H,19,21). The molecule has 6 nitrogen and oxygen atoms in total. The first-order valence-corrected chi connectivity index (χ1v) is 6.86. The molecule has 3 aromatic rings. The quantitative estimate of drug-likeness (QED) is 0.774. The normalized spacial score (nSPS) is 10.5. The van der Waals surface area contributed by atoms with Crippen molar-refractivity contribution in [3.63, 3.8) is 0 Å². The third-order valence-corrected chi connectivity index (χ3v) is 3.36. The molecule has 3 rings (SSSR count). The molecule has 1 heterocycles. The van der Waals surface area contributed by atoms with Crippen LogP contribution in [-0.4, -0.2) is 18.9 Å². The number of nitrogens with two attached hydrogens (primary N) is 1. The summed E-state index contributed by atoms with van der Waals surface area (Å²) < 4.78 is 10.8. The molecular formula is C17H14N2O4. The summed E-state index contributed by atoms with van der Waals surface area (Å²) in [5.74, 6) is -0.286. The van der Waals surface area contributed by atoms with Crippen LogP contribution in [0, 0.1) is 0 Å². The van der Waals surface area contributed by atoms with Crippen LogP contribution in [0.2, 0.25) is 0 Å². The molecule has 6 heteroatoms. The SMILES string of the molecule is COc1cccc2cc(C(=O)Nc3cccc(C(N)=O)c3)oc12. The second kappa shape index (κ2) is 5.84. The Labute approximate surface area is 131 Å². The number of primary amides is 1. The van der Waals surface area contributed by atoms with Crippen molar-refractivity contribution >= 4 is 28.5 Å². The van der Waals surface area contributed by atoms with Crippen LogP contribution >= 0.6 is 0 Å². The van der Waals surface area contributed by atoms with Crippen molar-refractivity contribution in [2.45, 2.75) is 0 Å². The molecule has 2 aromatic carbocycles. The van der Waals surface area contributed by atoms with Gasteiger partial charge in [-0.2, -0.15) is 0 Å². The monoisotopic (exact) mass is 310 g/mol. The number of para-hydroxylation sites is 1. The Hall–Kier alpha value is -3.28. The molecule has 0 saturated carbocycles. The van der Waals surface area contributed by atoms with Crippen molar-refractivity contribution < 1.29 is 18.7 Å². The lowest BCUT2D eigenvalue weighted by atomic mass is 10.2. The first-order chi connectivity index (χ1) is 11.1. The third kappa shape index (κ3) is 2.87. The Morgan fingerprint density at radius 1 is 1.13 bits per heavy atom. The molecule has 0 fully saturated rings. The fourth-order valence-corrected chi connectivity index (χ4v) is 2.25. The first kappa shape index (κ1) is 14.6. The predicted molar refractivity (Wildman–Crippen MR) is 85.7 cm³/mol. The van der Waals surface area contributed by atoms with E-state index in [1.165, 1.54) is 13.2 Å². The molecule has 1 aromatic heterocycles. The highest BCUT2D eigenvalue weighted by molar-refractivity contribution is 6.05. The number of amides is 2. The maximum Gasteiger partial charge on any atom is 0.291 e. The van der Waals surface area contributed by atoms with Crippen LogP contribution in [0.3, 0.4) is 0 Å². The van der Waals surface area contributed by atoms with Gasteiger partial charge in [-0.1, -0.05) is 18.2 Å². The number of nitrogens with one attached hydrogen (secondary N) is 1. The van der Waals surface area contributed by atoms with Gasteiger partial charge in [0.15, 0.2) is 17.1 Å². The summed E-state index contributed by atoms with van der Waals surface area (Å²) in [7, 11) is 1.53. The molecule has 116 valence electrons. The van der Waals surface area contributed by atoms with E-state index < -0.39 is 11.8 Å². The minimum Gasteiger partial charge on any atom is -0.493 e. The van der Waals surface area contributed by atoms with Crippen molar-refractivity contribution in [3.05, 3.63) is 59.9 Å². The van der Waals surface area contributed by atoms with Crippen LogP contribution in [0.5, 0.6) is 5.75 Å². The first-order valence-electron chi connectivity index (χ1n) is 6.86. The number of fused-ring (bicyclic) bond motifs is 1. The summed E-state index contributed by atoms with van der Waals surface area (Å²) in [5.41, 5.74) is 6.50. The average Bonchev–Trinajstić information content (AvgIpc) is 2.99. The number of carbonyl (C=O) groups is 2. The van der Waals surface area contributed by atoms with Gasteiger partial charge in [0.1, 0.15) is 0 Å². The van der Waals surface area contributed by atoms with E-state index in [1.54, 1.807) is 30.3 Å². The Morgan fingerprint density at radius 3 is 2.65 bits per heavy atom. The molecule has 0 aliphatic carbocycles. The largest absolute Gasteiger partial charge is 0.493 e. The fraction of sp³-hybridized carbons (Fsp3) is 0.0588. The number of ether oxygens (including phenoxy) is 1. The molecule has 0 saturated heterocycles. The van der Waals surface area contributed by atoms with E-state index >= 15 is 0 Å². The molecule has 23 heavy (non-hydrogen) atoms. The van der Waals surface area contributed by atoms with E-state index in [4.69, 9.17) is 14.9 Å². The van der Waals surface area contributed by atoms with Gasteiger partial charge in [0, 0.05) is 16.6 Å². The summed E-state index contributed by atoms with van der Waals surface area (Å²) in [6, 6.07) is 13.4. The molecule has 0 atom stereocenters. The summed E-state index contributed by atoms with van der Waals surface area (Å²) in [4.78, 5) is 23.5. The van der Waals surface area contributed by atoms with E-state index in [0.717, 1.165) is 5.39 Å². The Morgan fingerprint density at radius 2 is 1.91 bits per heavy atom. The van der Waals surface area contributed by atoms with Gasteiger partial charge in [0.2, 0.25) is 5.91 Å². The highest BCUT2D eigenvalue weighted by atomic mass is 16.5. The van der Waals surface area contributed by atoms with E-state index in [2.05, 4.69) is 5.32 Å². The van der Waals surface area contributed by atoms with Gasteiger partial charge in [-0.3, -0.25) is 9.59 Å². The van der Waals surface area contributed by atoms with Gasteiger partial charge in [0.05, 0.1) is 7.11 Å². The number of furan rings is 1. The number of carbonyl (C=O) groups excluding carboxylic acids is 2. The van der Waals surface area contributed by atoms with Crippen LogP contribution in [0.1, 0.15) is 20.9 Å². The Kier molecular flexibility index (Phi) is 3.72. The molecule has 3 N–H and O–H groups in total. The smallest absolute Gasteiger partial charge is 0.291 e. The lowest BCUT2D eigenvalue weighted by Crippen LogP contribution is -2.13. The average molecular weight is 310 g/mol. The zero-order valence-electron chi connectivity index (χ0n) is 12.3. The number of hydrogen-bond acceptors (Lipinski definition) is 4. The summed E-state index contributed by atoms with van der Waals surface area (Å²) in [6.07, 6.45) is 0. The minimum absolute atomic E-state index is 0.147. The van der Waals surface area contributed by atoms with E-state index in [9.17, 15) is 9.59 Å². The zero-order chi connectivity index (χ0) is 16.4. The van der Waals surface area contributed by atoms with Crippen molar-refractivity contribution in [2.75, 3.05) is 12.4 Å². The number of hydrogen-bond donors (Lipinski definition) is 2. The maximum absolute atomic E-state index is 12.3. The number of anilines is 1. The van der Waals surface area contributed by atoms with Crippen molar-refractivity contribution in [2.24, 2.45) is 5.73 Å². The fourth-order valence-electron chi connectivity index (χ4n) is 2.25. The second-order valence-corrected chi connectivity index (χ2v) is 4.89. The van der Waals surface area contributed by atoms with Crippen molar-refractivity contribution in [3.8, 4) is 5.75 Å². The van der Waals surface area contributed by atoms with Crippen LogP contribution < -0.4 is 15.8 Å². The van der Waals surface area contributed by atoms with Crippen molar-refractivity contribution in [1.29, 1.82) is 0 Å². The Balaban J connectivity index is 1.89. The molecular weight excluding hydrogens is 296 g/mol. The van der Waals surface area contributed by atoms with Crippen molar-refractivity contribution in [1.82, 2.24) is 0 Å². The molecule has 0 bridgehead atoms. The van der Waals surface area contributed by atoms with Gasteiger partial charge in [0.25, 0.3) is 5.91 Å². The van der Waals surface area contributed by atoms with E-state index in [1.807, 2.05) is 12.1 Å². The Bertz CT molecular complexity index is 898. The summed E-state index contributed by atoms with van der Waals surface area (Å²) in [5, 5.41) is 3.43. The lowest BCUT2D eigenvalue weighted by molar-refractivity contribution is 0.0989. The molecule has 2 amide bonds. The summed E-state index contributed by atoms with van der Waals surface area (Å²) >= 11 is 0. The predicted octanol–water partition coefficient (Wildman–Crippen LogP) is 2.79. The molecule has 0 spiro atoms. The lowest BCUT2D eigenvalue weighted by Gasteiger charge is -2.04. The number of rotatable bonds is 4. The number of methoxy groups -OCH3 is 1. The van der Waals surface area contributed by atoms with E-state index in [-0.39, 0.29) is 5.76 Å². The van der Waals surface area contributed by atoms with Gasteiger partial charge >= 0.3 is 0 Å². The van der Waals surface area contributed by atoms with Crippen LogP contribution in [0.4, 0.5) is 5.69 Å². The molecule has 0 radical (unpaired) electrons. The van der Waals surface area contributed by atoms with Crippen LogP contribution in [0.15, 0.2) is 52.9 Å². The van der Waals surface area contributed by atoms with E-state index in [0.29, 0.717) is 22.6 Å². The molecule has 0 aliphatic rings. The highest BCUT2D eigenvalue weighted by Gasteiger charge is 2.15. The van der Waals surface area contributed by atoms with Gasteiger partial charge < -0.3 is 20.2 Å². The van der Waals surface area contributed by atoms with Crippen LogP contribution in [-0.2, 0) is 0 Å². The zero-order valence-corrected chi connectivity index (χ0v) is 12.3. The highest BCUT2D eigenvalue weighted by Crippen LogP contribution is 2.28.